The molecule has 0 saturated heterocycles. The number of hydrogen-bond acceptors (Lipinski definition) is 3. The van der Waals surface area contributed by atoms with Crippen LogP contribution in [-0.2, 0) is 4.74 Å². The number of amides is 1. The summed E-state index contributed by atoms with van der Waals surface area (Å²) in [7, 11) is 0. The van der Waals surface area contributed by atoms with Gasteiger partial charge in [0.25, 0.3) is 0 Å². The SMILES string of the molecule is CC(C)(C)N[C@H]1CCC[C@@H]1OC(N)=O. The van der Waals surface area contributed by atoms with Gasteiger partial charge in [0, 0.05) is 11.6 Å². The Labute approximate surface area is 85.2 Å². The van der Waals surface area contributed by atoms with Crippen molar-refractivity contribution in [2.45, 2.75) is 57.7 Å². The largest absolute Gasteiger partial charge is 0.445 e. The Hall–Kier alpha value is -0.770. The summed E-state index contributed by atoms with van der Waals surface area (Å²) in [6.45, 7) is 6.31. The quantitative estimate of drug-likeness (QED) is 0.708. The van der Waals surface area contributed by atoms with E-state index in [-0.39, 0.29) is 17.7 Å². The minimum absolute atomic E-state index is 0.0493. The fourth-order valence-electron chi connectivity index (χ4n) is 1.94. The van der Waals surface area contributed by atoms with Crippen LogP contribution in [0.2, 0.25) is 0 Å². The van der Waals surface area contributed by atoms with E-state index in [0.717, 1.165) is 19.3 Å². The summed E-state index contributed by atoms with van der Waals surface area (Å²) in [4.78, 5) is 10.6. The molecule has 1 fully saturated rings. The molecule has 14 heavy (non-hydrogen) atoms. The van der Waals surface area contributed by atoms with Gasteiger partial charge in [0.2, 0.25) is 0 Å². The fourth-order valence-corrected chi connectivity index (χ4v) is 1.94. The van der Waals surface area contributed by atoms with E-state index >= 15 is 0 Å². The minimum Gasteiger partial charge on any atom is -0.445 e. The van der Waals surface area contributed by atoms with Crippen LogP contribution >= 0.6 is 0 Å². The Morgan fingerprint density at radius 1 is 1.43 bits per heavy atom. The number of carbonyl (C=O) groups excluding carboxylic acids is 1. The molecule has 0 aliphatic heterocycles. The van der Waals surface area contributed by atoms with E-state index in [1.165, 1.54) is 0 Å². The lowest BCUT2D eigenvalue weighted by Gasteiger charge is -2.29. The summed E-state index contributed by atoms with van der Waals surface area (Å²) in [5.41, 5.74) is 5.06. The third-order valence-corrected chi connectivity index (χ3v) is 2.34. The van der Waals surface area contributed by atoms with E-state index in [0.29, 0.717) is 0 Å². The van der Waals surface area contributed by atoms with Crippen LogP contribution in [0.1, 0.15) is 40.0 Å². The number of ether oxygens (including phenoxy) is 1. The standard InChI is InChI=1S/C10H20N2O2/c1-10(2,3)12-7-5-4-6-8(7)14-9(11)13/h7-8,12H,4-6H2,1-3H3,(H2,11,13)/t7-,8-/m0/s1. The topological polar surface area (TPSA) is 64.3 Å². The van der Waals surface area contributed by atoms with E-state index in [9.17, 15) is 4.79 Å². The number of primary amides is 1. The summed E-state index contributed by atoms with van der Waals surface area (Å²) in [6, 6.07) is 0.252. The van der Waals surface area contributed by atoms with Gasteiger partial charge in [-0.05, 0) is 40.0 Å². The molecule has 4 heteroatoms. The van der Waals surface area contributed by atoms with Gasteiger partial charge >= 0.3 is 6.09 Å². The number of carbonyl (C=O) groups is 1. The zero-order valence-corrected chi connectivity index (χ0v) is 9.17. The predicted molar refractivity (Wildman–Crippen MR) is 55.0 cm³/mol. The first-order valence-corrected chi connectivity index (χ1v) is 5.12. The molecule has 1 saturated carbocycles. The summed E-state index contributed by atoms with van der Waals surface area (Å²) >= 11 is 0. The van der Waals surface area contributed by atoms with Crippen LogP contribution in [0.15, 0.2) is 0 Å². The minimum atomic E-state index is -0.669. The number of nitrogens with one attached hydrogen (secondary N) is 1. The highest BCUT2D eigenvalue weighted by Crippen LogP contribution is 2.23. The summed E-state index contributed by atoms with van der Waals surface area (Å²) < 4.78 is 5.05. The Kier molecular flexibility index (Phi) is 3.37. The van der Waals surface area contributed by atoms with Crippen molar-refractivity contribution < 1.29 is 9.53 Å². The van der Waals surface area contributed by atoms with Crippen molar-refractivity contribution in [2.24, 2.45) is 5.73 Å². The van der Waals surface area contributed by atoms with E-state index in [2.05, 4.69) is 26.1 Å². The molecule has 0 aromatic heterocycles. The smallest absolute Gasteiger partial charge is 0.404 e. The second kappa shape index (κ2) is 4.17. The van der Waals surface area contributed by atoms with Gasteiger partial charge in [-0.2, -0.15) is 0 Å². The van der Waals surface area contributed by atoms with Crippen molar-refractivity contribution in [3.63, 3.8) is 0 Å². The van der Waals surface area contributed by atoms with Gasteiger partial charge in [0.05, 0.1) is 0 Å². The van der Waals surface area contributed by atoms with Crippen molar-refractivity contribution in [3.05, 3.63) is 0 Å². The van der Waals surface area contributed by atoms with Crippen LogP contribution < -0.4 is 11.1 Å². The van der Waals surface area contributed by atoms with Crippen molar-refractivity contribution in [2.75, 3.05) is 0 Å². The van der Waals surface area contributed by atoms with Gasteiger partial charge in [-0.1, -0.05) is 0 Å². The van der Waals surface area contributed by atoms with Crippen LogP contribution in [0, 0.1) is 0 Å². The van der Waals surface area contributed by atoms with Gasteiger partial charge in [0.15, 0.2) is 0 Å². The molecule has 0 aromatic carbocycles. The molecule has 0 radical (unpaired) electrons. The summed E-state index contributed by atoms with van der Waals surface area (Å²) in [6.07, 6.45) is 2.33. The van der Waals surface area contributed by atoms with Crippen molar-refractivity contribution in [1.29, 1.82) is 0 Å². The lowest BCUT2D eigenvalue weighted by molar-refractivity contribution is 0.0869. The van der Waals surface area contributed by atoms with Crippen LogP contribution in [0.4, 0.5) is 4.79 Å². The molecule has 1 aliphatic carbocycles. The first-order chi connectivity index (χ1) is 6.38. The highest BCUT2D eigenvalue weighted by Gasteiger charge is 2.32. The monoisotopic (exact) mass is 200 g/mol. The molecule has 2 atom stereocenters. The predicted octanol–water partition coefficient (Wildman–Crippen LogP) is 1.39. The van der Waals surface area contributed by atoms with E-state index in [1.54, 1.807) is 0 Å². The average Bonchev–Trinajstić information content (AvgIpc) is 2.32. The molecule has 4 nitrogen and oxygen atoms in total. The number of hydrogen-bond donors (Lipinski definition) is 2. The summed E-state index contributed by atoms with van der Waals surface area (Å²) in [5.74, 6) is 0. The normalized spacial score (nSPS) is 27.6. The van der Waals surface area contributed by atoms with E-state index < -0.39 is 6.09 Å². The maximum atomic E-state index is 10.6. The molecular formula is C10H20N2O2. The van der Waals surface area contributed by atoms with Gasteiger partial charge in [-0.15, -0.1) is 0 Å². The molecule has 1 rings (SSSR count). The first kappa shape index (κ1) is 11.3. The third kappa shape index (κ3) is 3.54. The van der Waals surface area contributed by atoms with Crippen molar-refractivity contribution in [3.8, 4) is 0 Å². The molecule has 82 valence electrons. The first-order valence-electron chi connectivity index (χ1n) is 5.12. The van der Waals surface area contributed by atoms with Crippen molar-refractivity contribution in [1.82, 2.24) is 5.32 Å². The van der Waals surface area contributed by atoms with Gasteiger partial charge in [-0.3, -0.25) is 0 Å². The molecule has 0 aromatic rings. The van der Waals surface area contributed by atoms with Crippen molar-refractivity contribution >= 4 is 6.09 Å². The average molecular weight is 200 g/mol. The molecular weight excluding hydrogens is 180 g/mol. The molecule has 1 amide bonds. The molecule has 0 unspecified atom stereocenters. The molecule has 3 N–H and O–H groups in total. The molecule has 0 heterocycles. The van der Waals surface area contributed by atoms with E-state index in [4.69, 9.17) is 10.5 Å². The molecule has 1 aliphatic rings. The maximum Gasteiger partial charge on any atom is 0.404 e. The fraction of sp³-hybridized carbons (Fsp3) is 0.900. The van der Waals surface area contributed by atoms with Gasteiger partial charge in [-0.25, -0.2) is 4.79 Å². The van der Waals surface area contributed by atoms with Gasteiger partial charge in [0.1, 0.15) is 6.10 Å². The Morgan fingerprint density at radius 2 is 2.07 bits per heavy atom. The highest BCUT2D eigenvalue weighted by atomic mass is 16.6. The lowest BCUT2D eigenvalue weighted by atomic mass is 10.1. The van der Waals surface area contributed by atoms with Crippen LogP contribution in [-0.4, -0.2) is 23.8 Å². The lowest BCUT2D eigenvalue weighted by Crippen LogP contribution is -2.48. The van der Waals surface area contributed by atoms with Crippen LogP contribution in [0.3, 0.4) is 0 Å². The summed E-state index contributed by atoms with van der Waals surface area (Å²) in [5, 5.41) is 3.44. The Morgan fingerprint density at radius 3 is 2.57 bits per heavy atom. The number of nitrogens with two attached hydrogens (primary N) is 1. The second-order valence-corrected chi connectivity index (χ2v) is 4.91. The Bertz CT molecular complexity index is 211. The maximum absolute atomic E-state index is 10.6. The third-order valence-electron chi connectivity index (χ3n) is 2.34. The van der Waals surface area contributed by atoms with Crippen LogP contribution in [0.5, 0.6) is 0 Å². The van der Waals surface area contributed by atoms with Gasteiger partial charge < -0.3 is 15.8 Å². The highest BCUT2D eigenvalue weighted by molar-refractivity contribution is 5.64. The molecule has 0 bridgehead atoms. The van der Waals surface area contributed by atoms with E-state index in [1.807, 2.05) is 0 Å². The van der Waals surface area contributed by atoms with Crippen LogP contribution in [0.25, 0.3) is 0 Å². The Balaban J connectivity index is 2.47. The zero-order chi connectivity index (χ0) is 10.8. The zero-order valence-electron chi connectivity index (χ0n) is 9.17. The number of rotatable bonds is 2. The molecule has 0 spiro atoms. The second-order valence-electron chi connectivity index (χ2n) is 4.91.